The molecular formula is C14H8F4N2. The molecule has 0 aromatic heterocycles. The lowest BCUT2D eigenvalue weighted by Crippen LogP contribution is -2.05. The van der Waals surface area contributed by atoms with E-state index in [-0.39, 0.29) is 23.4 Å². The van der Waals surface area contributed by atoms with Crippen molar-refractivity contribution in [2.45, 2.75) is 6.54 Å². The Hall–Kier alpha value is -2.55. The van der Waals surface area contributed by atoms with Crippen LogP contribution in [0.4, 0.5) is 23.2 Å². The molecule has 20 heavy (non-hydrogen) atoms. The number of nitrogens with one attached hydrogen (secondary N) is 1. The van der Waals surface area contributed by atoms with E-state index >= 15 is 0 Å². The number of hydrogen-bond donors (Lipinski definition) is 1. The molecule has 1 N–H and O–H groups in total. The van der Waals surface area contributed by atoms with Gasteiger partial charge in [-0.25, -0.2) is 17.6 Å². The molecule has 0 aliphatic heterocycles. The molecule has 0 heterocycles. The highest BCUT2D eigenvalue weighted by atomic mass is 19.2. The third kappa shape index (κ3) is 2.72. The van der Waals surface area contributed by atoms with E-state index in [4.69, 9.17) is 5.26 Å². The summed E-state index contributed by atoms with van der Waals surface area (Å²) in [5.74, 6) is -4.85. The monoisotopic (exact) mass is 280 g/mol. The first-order chi connectivity index (χ1) is 9.52. The molecule has 0 aliphatic rings. The number of anilines is 1. The van der Waals surface area contributed by atoms with Crippen molar-refractivity contribution in [1.82, 2.24) is 0 Å². The molecule has 2 aromatic carbocycles. The van der Waals surface area contributed by atoms with Crippen LogP contribution in [-0.4, -0.2) is 0 Å². The summed E-state index contributed by atoms with van der Waals surface area (Å²) in [5.41, 5.74) is 0.0767. The number of rotatable bonds is 3. The van der Waals surface area contributed by atoms with Crippen LogP contribution in [0.5, 0.6) is 0 Å². The Bertz CT molecular complexity index is 692. The van der Waals surface area contributed by atoms with E-state index in [1.54, 1.807) is 0 Å². The first-order valence-electron chi connectivity index (χ1n) is 5.59. The van der Waals surface area contributed by atoms with Gasteiger partial charge in [0.2, 0.25) is 0 Å². The van der Waals surface area contributed by atoms with Gasteiger partial charge in [0.15, 0.2) is 17.5 Å². The number of hydrogen-bond acceptors (Lipinski definition) is 2. The Morgan fingerprint density at radius 3 is 2.35 bits per heavy atom. The molecule has 6 heteroatoms. The highest BCUT2D eigenvalue weighted by molar-refractivity contribution is 5.46. The van der Waals surface area contributed by atoms with Crippen molar-refractivity contribution >= 4 is 5.69 Å². The second-order valence-electron chi connectivity index (χ2n) is 3.99. The van der Waals surface area contributed by atoms with Gasteiger partial charge >= 0.3 is 0 Å². The summed E-state index contributed by atoms with van der Waals surface area (Å²) in [7, 11) is 0. The average Bonchev–Trinajstić information content (AvgIpc) is 2.45. The number of nitriles is 1. The molecule has 2 nitrogen and oxygen atoms in total. The maximum Gasteiger partial charge on any atom is 0.196 e. The van der Waals surface area contributed by atoms with Crippen LogP contribution in [0, 0.1) is 34.6 Å². The first kappa shape index (κ1) is 13.9. The maximum atomic E-state index is 13.5. The molecular weight excluding hydrogens is 272 g/mol. The summed E-state index contributed by atoms with van der Waals surface area (Å²) >= 11 is 0. The highest BCUT2D eigenvalue weighted by Crippen LogP contribution is 2.21. The van der Waals surface area contributed by atoms with Gasteiger partial charge in [-0.3, -0.25) is 0 Å². The molecule has 0 amide bonds. The minimum absolute atomic E-state index is 0.119. The summed E-state index contributed by atoms with van der Waals surface area (Å²) in [4.78, 5) is 0. The van der Waals surface area contributed by atoms with E-state index in [2.05, 4.69) is 5.32 Å². The molecule has 102 valence electrons. The zero-order valence-electron chi connectivity index (χ0n) is 10.1. The van der Waals surface area contributed by atoms with Crippen molar-refractivity contribution < 1.29 is 17.6 Å². The summed E-state index contributed by atoms with van der Waals surface area (Å²) in [6, 6.07) is 7.33. The Morgan fingerprint density at radius 1 is 0.950 bits per heavy atom. The second-order valence-corrected chi connectivity index (χ2v) is 3.99. The minimum atomic E-state index is -1.60. The van der Waals surface area contributed by atoms with Crippen LogP contribution < -0.4 is 5.32 Å². The van der Waals surface area contributed by atoms with Crippen LogP contribution in [0.15, 0.2) is 30.3 Å². The molecule has 0 aliphatic carbocycles. The van der Waals surface area contributed by atoms with E-state index < -0.39 is 23.3 Å². The summed E-state index contributed by atoms with van der Waals surface area (Å²) in [5, 5.41) is 11.2. The fourth-order valence-electron chi connectivity index (χ4n) is 1.63. The summed E-state index contributed by atoms with van der Waals surface area (Å²) in [6.07, 6.45) is 0. The third-order valence-electron chi connectivity index (χ3n) is 2.68. The maximum absolute atomic E-state index is 13.5. The summed E-state index contributed by atoms with van der Waals surface area (Å²) in [6.45, 7) is -0.163. The van der Waals surface area contributed by atoms with Crippen LogP contribution >= 0.6 is 0 Å². The van der Waals surface area contributed by atoms with Crippen LogP contribution in [0.3, 0.4) is 0 Å². The Balaban J connectivity index is 2.21. The SMILES string of the molecule is N#Cc1ccc(F)c(CNc2ccc(F)c(F)c2F)c1. The van der Waals surface area contributed by atoms with Crippen molar-refractivity contribution in [3.05, 3.63) is 64.7 Å². The molecule has 0 saturated carbocycles. The van der Waals surface area contributed by atoms with Gasteiger partial charge in [0.05, 0.1) is 17.3 Å². The van der Waals surface area contributed by atoms with Gasteiger partial charge in [0.1, 0.15) is 5.82 Å². The zero-order chi connectivity index (χ0) is 14.7. The number of halogens is 4. The van der Waals surface area contributed by atoms with E-state index in [9.17, 15) is 17.6 Å². The van der Waals surface area contributed by atoms with E-state index in [1.165, 1.54) is 12.1 Å². The van der Waals surface area contributed by atoms with Crippen LogP contribution in [0.2, 0.25) is 0 Å². The third-order valence-corrected chi connectivity index (χ3v) is 2.68. The van der Waals surface area contributed by atoms with Gasteiger partial charge in [-0.15, -0.1) is 0 Å². The molecule has 2 aromatic rings. The van der Waals surface area contributed by atoms with Crippen molar-refractivity contribution in [2.75, 3.05) is 5.32 Å². The lowest BCUT2D eigenvalue weighted by Gasteiger charge is -2.09. The molecule has 0 bridgehead atoms. The first-order valence-corrected chi connectivity index (χ1v) is 5.59. The van der Waals surface area contributed by atoms with Crippen molar-refractivity contribution in [3.63, 3.8) is 0 Å². The topological polar surface area (TPSA) is 35.8 Å². The van der Waals surface area contributed by atoms with Crippen LogP contribution in [-0.2, 0) is 6.54 Å². The van der Waals surface area contributed by atoms with Crippen LogP contribution in [0.25, 0.3) is 0 Å². The minimum Gasteiger partial charge on any atom is -0.378 e. The van der Waals surface area contributed by atoms with Crippen molar-refractivity contribution in [3.8, 4) is 6.07 Å². The standard InChI is InChI=1S/C14H8F4N2/c15-10-2-1-8(6-19)5-9(10)7-20-12-4-3-11(16)13(17)14(12)18/h1-5,20H,7H2. The van der Waals surface area contributed by atoms with Gasteiger partial charge < -0.3 is 5.32 Å². The molecule has 0 radical (unpaired) electrons. The Morgan fingerprint density at radius 2 is 1.65 bits per heavy atom. The predicted molar refractivity (Wildman–Crippen MR) is 64.8 cm³/mol. The van der Waals surface area contributed by atoms with E-state index in [0.717, 1.165) is 18.2 Å². The number of benzene rings is 2. The Kier molecular flexibility index (Phi) is 3.89. The van der Waals surface area contributed by atoms with E-state index in [1.807, 2.05) is 6.07 Å². The fourth-order valence-corrected chi connectivity index (χ4v) is 1.63. The van der Waals surface area contributed by atoms with Crippen LogP contribution in [0.1, 0.15) is 11.1 Å². The average molecular weight is 280 g/mol. The Labute approximate surface area is 112 Å². The summed E-state index contributed by atoms with van der Waals surface area (Å²) < 4.78 is 52.6. The highest BCUT2D eigenvalue weighted by Gasteiger charge is 2.13. The molecule has 0 unspecified atom stereocenters. The zero-order valence-corrected chi connectivity index (χ0v) is 10.1. The van der Waals surface area contributed by atoms with E-state index in [0.29, 0.717) is 0 Å². The molecule has 2 rings (SSSR count). The molecule has 0 saturated heterocycles. The smallest absolute Gasteiger partial charge is 0.196 e. The second kappa shape index (κ2) is 5.61. The quantitative estimate of drug-likeness (QED) is 0.687. The predicted octanol–water partition coefficient (Wildman–Crippen LogP) is 3.73. The molecule has 0 atom stereocenters. The molecule has 0 spiro atoms. The van der Waals surface area contributed by atoms with Gasteiger partial charge in [0.25, 0.3) is 0 Å². The van der Waals surface area contributed by atoms with Gasteiger partial charge in [-0.1, -0.05) is 0 Å². The lowest BCUT2D eigenvalue weighted by molar-refractivity contribution is 0.449. The molecule has 0 fully saturated rings. The fraction of sp³-hybridized carbons (Fsp3) is 0.0714. The number of nitrogens with zero attached hydrogens (tertiary/aromatic N) is 1. The lowest BCUT2D eigenvalue weighted by atomic mass is 10.1. The normalized spacial score (nSPS) is 10.2. The largest absolute Gasteiger partial charge is 0.378 e. The van der Waals surface area contributed by atoms with Gasteiger partial charge in [-0.05, 0) is 30.3 Å². The van der Waals surface area contributed by atoms with Gasteiger partial charge in [0, 0.05) is 12.1 Å². The van der Waals surface area contributed by atoms with Gasteiger partial charge in [-0.2, -0.15) is 5.26 Å². The van der Waals surface area contributed by atoms with Crippen molar-refractivity contribution in [2.24, 2.45) is 0 Å². The van der Waals surface area contributed by atoms with Crippen molar-refractivity contribution in [1.29, 1.82) is 5.26 Å².